The molecule has 0 aliphatic carbocycles. The molecule has 4 heteroatoms. The van der Waals surface area contributed by atoms with Crippen molar-refractivity contribution in [2.45, 2.75) is 38.8 Å². The first kappa shape index (κ1) is 14.3. The molecular weight excluding hydrogens is 278 g/mol. The van der Waals surface area contributed by atoms with Crippen LogP contribution in [0.5, 0.6) is 0 Å². The molecule has 1 aromatic carbocycles. The molecule has 1 aromatic heterocycles. The lowest BCUT2D eigenvalue weighted by Crippen LogP contribution is -2.35. The monoisotopic (exact) mass is 299 g/mol. The van der Waals surface area contributed by atoms with Crippen molar-refractivity contribution < 1.29 is 0 Å². The first-order chi connectivity index (χ1) is 10.3. The molecule has 1 atom stereocenters. The van der Waals surface area contributed by atoms with E-state index in [0.29, 0.717) is 11.9 Å². The molecule has 0 fully saturated rings. The number of benzene rings is 1. The fourth-order valence-corrected chi connectivity index (χ4v) is 3.44. The molecule has 0 saturated heterocycles. The van der Waals surface area contributed by atoms with Crippen molar-refractivity contribution in [3.63, 3.8) is 0 Å². The summed E-state index contributed by atoms with van der Waals surface area (Å²) in [5.74, 6) is 0.595. The van der Waals surface area contributed by atoms with E-state index in [-0.39, 0.29) is 0 Å². The summed E-state index contributed by atoms with van der Waals surface area (Å²) in [6, 6.07) is 11.1. The maximum Gasteiger partial charge on any atom is 0.141 e. The fourth-order valence-electron chi connectivity index (χ4n) is 2.81. The van der Waals surface area contributed by atoms with Crippen molar-refractivity contribution in [1.29, 1.82) is 0 Å². The van der Waals surface area contributed by atoms with Gasteiger partial charge in [0.2, 0.25) is 0 Å². The topological polar surface area (TPSA) is 50.4 Å². The number of aliphatic imine (C=N–C) groups is 1. The molecular formula is C17H21N3S. The number of rotatable bonds is 4. The highest BCUT2D eigenvalue weighted by atomic mass is 32.1. The van der Waals surface area contributed by atoms with Crippen LogP contribution in [0.25, 0.3) is 0 Å². The first-order valence-electron chi connectivity index (χ1n) is 7.49. The molecule has 2 heterocycles. The SMILES string of the molecule is CCCC1Cc2ccc(N=C(N)c3cccs3)cc2CN1. The molecule has 1 aliphatic rings. The van der Waals surface area contributed by atoms with Crippen LogP contribution in [0.1, 0.15) is 35.8 Å². The maximum absolute atomic E-state index is 6.05. The first-order valence-corrected chi connectivity index (χ1v) is 8.37. The zero-order chi connectivity index (χ0) is 14.7. The lowest BCUT2D eigenvalue weighted by Gasteiger charge is -2.26. The summed E-state index contributed by atoms with van der Waals surface area (Å²) in [6.07, 6.45) is 3.59. The van der Waals surface area contributed by atoms with Crippen molar-refractivity contribution in [1.82, 2.24) is 5.32 Å². The minimum atomic E-state index is 0.595. The summed E-state index contributed by atoms with van der Waals surface area (Å²) >= 11 is 1.62. The quantitative estimate of drug-likeness (QED) is 0.669. The van der Waals surface area contributed by atoms with E-state index in [4.69, 9.17) is 5.73 Å². The molecule has 2 aromatic rings. The lowest BCUT2D eigenvalue weighted by molar-refractivity contribution is 0.448. The second-order valence-electron chi connectivity index (χ2n) is 5.50. The standard InChI is InChI=1S/C17H21N3S/c1-2-4-14-9-12-6-7-15(10-13(12)11-19-14)20-17(18)16-5-3-8-21-16/h3,5-8,10,14,19H,2,4,9,11H2,1H3,(H2,18,20). The summed E-state index contributed by atoms with van der Waals surface area (Å²) < 4.78 is 0. The van der Waals surface area contributed by atoms with Crippen molar-refractivity contribution in [3.05, 3.63) is 51.7 Å². The minimum absolute atomic E-state index is 0.595. The van der Waals surface area contributed by atoms with E-state index in [2.05, 4.69) is 35.4 Å². The van der Waals surface area contributed by atoms with Crippen LogP contribution in [0, 0.1) is 0 Å². The third kappa shape index (κ3) is 3.34. The predicted molar refractivity (Wildman–Crippen MR) is 90.4 cm³/mol. The summed E-state index contributed by atoms with van der Waals surface area (Å²) in [5, 5.41) is 5.62. The molecule has 0 spiro atoms. The Morgan fingerprint density at radius 1 is 1.38 bits per heavy atom. The van der Waals surface area contributed by atoms with Gasteiger partial charge in [-0.15, -0.1) is 11.3 Å². The highest BCUT2D eigenvalue weighted by Gasteiger charge is 2.17. The normalized spacial score (nSPS) is 18.5. The number of nitrogens with one attached hydrogen (secondary N) is 1. The van der Waals surface area contributed by atoms with Crippen LogP contribution in [0.3, 0.4) is 0 Å². The largest absolute Gasteiger partial charge is 0.383 e. The van der Waals surface area contributed by atoms with Crippen LogP contribution >= 0.6 is 11.3 Å². The van der Waals surface area contributed by atoms with Gasteiger partial charge in [-0.2, -0.15) is 0 Å². The minimum Gasteiger partial charge on any atom is -0.383 e. The summed E-state index contributed by atoms with van der Waals surface area (Å²) in [7, 11) is 0. The van der Waals surface area contributed by atoms with Gasteiger partial charge in [0.05, 0.1) is 10.6 Å². The number of fused-ring (bicyclic) bond motifs is 1. The second-order valence-corrected chi connectivity index (χ2v) is 6.45. The van der Waals surface area contributed by atoms with Crippen molar-refractivity contribution in [2.75, 3.05) is 0 Å². The maximum atomic E-state index is 6.05. The predicted octanol–water partition coefficient (Wildman–Crippen LogP) is 3.60. The van der Waals surface area contributed by atoms with Gasteiger partial charge < -0.3 is 11.1 Å². The van der Waals surface area contributed by atoms with Gasteiger partial charge >= 0.3 is 0 Å². The zero-order valence-corrected chi connectivity index (χ0v) is 13.1. The summed E-state index contributed by atoms with van der Waals surface area (Å²) in [6.45, 7) is 3.17. The Kier molecular flexibility index (Phi) is 4.36. The number of nitrogens with zero attached hydrogens (tertiary/aromatic N) is 1. The van der Waals surface area contributed by atoms with E-state index in [1.54, 1.807) is 11.3 Å². The Hall–Kier alpha value is -1.65. The van der Waals surface area contributed by atoms with Crippen molar-refractivity contribution >= 4 is 22.9 Å². The Balaban J connectivity index is 1.80. The van der Waals surface area contributed by atoms with E-state index in [1.165, 1.54) is 24.0 Å². The van der Waals surface area contributed by atoms with E-state index in [9.17, 15) is 0 Å². The molecule has 0 amide bonds. The Labute approximate surface area is 129 Å². The van der Waals surface area contributed by atoms with E-state index >= 15 is 0 Å². The Bertz CT molecular complexity index is 631. The van der Waals surface area contributed by atoms with E-state index in [1.807, 2.05) is 17.5 Å². The van der Waals surface area contributed by atoms with Gasteiger partial charge in [0.25, 0.3) is 0 Å². The molecule has 0 bridgehead atoms. The van der Waals surface area contributed by atoms with Gasteiger partial charge in [0.1, 0.15) is 5.84 Å². The molecule has 1 aliphatic heterocycles. The molecule has 3 N–H and O–H groups in total. The molecule has 21 heavy (non-hydrogen) atoms. The summed E-state index contributed by atoms with van der Waals surface area (Å²) in [5.41, 5.74) is 9.79. The van der Waals surface area contributed by atoms with Crippen molar-refractivity contribution in [3.8, 4) is 0 Å². The average molecular weight is 299 g/mol. The fraction of sp³-hybridized carbons (Fsp3) is 0.353. The smallest absolute Gasteiger partial charge is 0.141 e. The lowest BCUT2D eigenvalue weighted by atomic mass is 9.93. The average Bonchev–Trinajstić information content (AvgIpc) is 3.02. The van der Waals surface area contributed by atoms with E-state index in [0.717, 1.165) is 23.5 Å². The van der Waals surface area contributed by atoms with Gasteiger partial charge in [0, 0.05) is 12.6 Å². The Morgan fingerprint density at radius 2 is 2.29 bits per heavy atom. The highest BCUT2D eigenvalue weighted by molar-refractivity contribution is 7.12. The van der Waals surface area contributed by atoms with Gasteiger partial charge in [-0.1, -0.05) is 25.5 Å². The number of amidine groups is 1. The summed E-state index contributed by atoms with van der Waals surface area (Å²) in [4.78, 5) is 5.56. The van der Waals surface area contributed by atoms with E-state index < -0.39 is 0 Å². The zero-order valence-electron chi connectivity index (χ0n) is 12.3. The van der Waals surface area contributed by atoms with Crippen molar-refractivity contribution in [2.24, 2.45) is 10.7 Å². The molecule has 1 unspecified atom stereocenters. The van der Waals surface area contributed by atoms with Gasteiger partial charge in [-0.3, -0.25) is 0 Å². The molecule has 0 saturated carbocycles. The van der Waals surface area contributed by atoms with Gasteiger partial charge in [0.15, 0.2) is 0 Å². The third-order valence-electron chi connectivity index (χ3n) is 3.90. The molecule has 110 valence electrons. The second kappa shape index (κ2) is 6.41. The van der Waals surface area contributed by atoms with Crippen LogP contribution in [0.4, 0.5) is 5.69 Å². The van der Waals surface area contributed by atoms with Crippen LogP contribution in [-0.2, 0) is 13.0 Å². The van der Waals surface area contributed by atoms with Crippen LogP contribution in [0.15, 0.2) is 40.7 Å². The van der Waals surface area contributed by atoms with Crippen LogP contribution in [0.2, 0.25) is 0 Å². The van der Waals surface area contributed by atoms with Crippen LogP contribution in [-0.4, -0.2) is 11.9 Å². The number of hydrogen-bond donors (Lipinski definition) is 2. The molecule has 3 nitrogen and oxygen atoms in total. The number of thiophene rings is 1. The van der Waals surface area contributed by atoms with Crippen LogP contribution < -0.4 is 11.1 Å². The number of hydrogen-bond acceptors (Lipinski definition) is 3. The molecule has 0 radical (unpaired) electrons. The van der Waals surface area contributed by atoms with Gasteiger partial charge in [-0.25, -0.2) is 4.99 Å². The number of nitrogens with two attached hydrogens (primary N) is 1. The highest BCUT2D eigenvalue weighted by Crippen LogP contribution is 2.24. The van der Waals surface area contributed by atoms with Gasteiger partial charge in [-0.05, 0) is 47.5 Å². The molecule has 3 rings (SSSR count). The Morgan fingerprint density at radius 3 is 3.05 bits per heavy atom. The third-order valence-corrected chi connectivity index (χ3v) is 4.79.